The molecule has 0 saturated heterocycles. The molecule has 0 aliphatic carbocycles. The molecule has 0 unspecified atom stereocenters. The van der Waals surface area contributed by atoms with E-state index in [9.17, 15) is 9.59 Å². The number of methoxy groups -OCH3 is 1. The van der Waals surface area contributed by atoms with Gasteiger partial charge in [-0.15, -0.1) is 0 Å². The van der Waals surface area contributed by atoms with Crippen LogP contribution in [-0.2, 0) is 4.74 Å². The maximum Gasteiger partial charge on any atom is 0.339 e. The second-order valence-corrected chi connectivity index (χ2v) is 4.93. The molecule has 0 saturated carbocycles. The third kappa shape index (κ3) is 3.06. The maximum absolute atomic E-state index is 11.5. The summed E-state index contributed by atoms with van der Waals surface area (Å²) in [5.74, 6) is -1.46. The molecular weight excluding hydrogens is 292 g/mol. The minimum Gasteiger partial charge on any atom is -0.478 e. The van der Waals surface area contributed by atoms with Crippen LogP contribution in [0.4, 0.5) is 0 Å². The van der Waals surface area contributed by atoms with Gasteiger partial charge in [-0.25, -0.2) is 9.59 Å². The highest BCUT2D eigenvalue weighted by atomic mass is 35.5. The summed E-state index contributed by atoms with van der Waals surface area (Å²) in [4.78, 5) is 22.4. The fraction of sp³-hybridized carbons (Fsp3) is 0.125. The largest absolute Gasteiger partial charge is 0.478 e. The summed E-state index contributed by atoms with van der Waals surface area (Å²) in [5, 5.41) is 9.26. The molecule has 2 aromatic carbocycles. The Kier molecular flexibility index (Phi) is 4.29. The van der Waals surface area contributed by atoms with Crippen LogP contribution in [0.15, 0.2) is 36.4 Å². The fourth-order valence-electron chi connectivity index (χ4n) is 2.08. The van der Waals surface area contributed by atoms with E-state index in [0.717, 1.165) is 16.7 Å². The molecule has 0 aliphatic rings. The highest BCUT2D eigenvalue weighted by Gasteiger charge is 2.13. The average Bonchev–Trinajstić information content (AvgIpc) is 2.46. The Morgan fingerprint density at radius 3 is 2.38 bits per heavy atom. The normalized spacial score (nSPS) is 10.2. The number of carbonyl (C=O) groups excluding carboxylic acids is 1. The highest BCUT2D eigenvalue weighted by Crippen LogP contribution is 2.29. The van der Waals surface area contributed by atoms with Gasteiger partial charge in [0.15, 0.2) is 0 Å². The molecule has 21 heavy (non-hydrogen) atoms. The molecule has 2 aromatic rings. The minimum atomic E-state index is -0.969. The Bertz CT molecular complexity index is 722. The summed E-state index contributed by atoms with van der Waals surface area (Å²) in [6.07, 6.45) is 0. The number of aryl methyl sites for hydroxylation is 1. The van der Waals surface area contributed by atoms with E-state index in [-0.39, 0.29) is 5.56 Å². The predicted octanol–water partition coefficient (Wildman–Crippen LogP) is 3.80. The number of halogens is 1. The van der Waals surface area contributed by atoms with Gasteiger partial charge in [0.2, 0.25) is 0 Å². The summed E-state index contributed by atoms with van der Waals surface area (Å²) in [6, 6.07) is 9.86. The molecule has 2 rings (SSSR count). The Labute approximate surface area is 126 Å². The van der Waals surface area contributed by atoms with E-state index in [1.807, 2.05) is 6.92 Å². The van der Waals surface area contributed by atoms with Crippen molar-refractivity contribution in [3.63, 3.8) is 0 Å². The van der Waals surface area contributed by atoms with Gasteiger partial charge in [-0.05, 0) is 47.9 Å². The number of hydrogen-bond donors (Lipinski definition) is 1. The van der Waals surface area contributed by atoms with E-state index in [4.69, 9.17) is 16.7 Å². The smallest absolute Gasteiger partial charge is 0.339 e. The summed E-state index contributed by atoms with van der Waals surface area (Å²) >= 11 is 6.09. The molecule has 108 valence electrons. The first kappa shape index (κ1) is 15.1. The first-order chi connectivity index (χ1) is 9.93. The zero-order valence-electron chi connectivity index (χ0n) is 11.5. The Morgan fingerprint density at radius 1 is 1.14 bits per heavy atom. The second kappa shape index (κ2) is 5.97. The molecule has 0 fully saturated rings. The molecule has 0 atom stereocenters. The van der Waals surface area contributed by atoms with E-state index in [2.05, 4.69) is 4.74 Å². The van der Waals surface area contributed by atoms with E-state index in [1.54, 1.807) is 30.3 Å². The number of rotatable bonds is 3. The van der Waals surface area contributed by atoms with E-state index in [0.29, 0.717) is 10.6 Å². The second-order valence-electron chi connectivity index (χ2n) is 4.52. The van der Waals surface area contributed by atoms with Crippen molar-refractivity contribution in [1.82, 2.24) is 0 Å². The van der Waals surface area contributed by atoms with Crippen molar-refractivity contribution in [2.75, 3.05) is 7.11 Å². The third-order valence-corrected chi connectivity index (χ3v) is 3.47. The third-order valence-electron chi connectivity index (χ3n) is 3.16. The lowest BCUT2D eigenvalue weighted by atomic mass is 9.97. The lowest BCUT2D eigenvalue weighted by Crippen LogP contribution is -2.02. The molecule has 0 radical (unpaired) electrons. The van der Waals surface area contributed by atoms with Crippen LogP contribution in [0, 0.1) is 6.92 Å². The number of carboxylic acid groups (broad SMARTS) is 1. The number of esters is 1. The lowest BCUT2D eigenvalue weighted by molar-refractivity contribution is 0.0600. The quantitative estimate of drug-likeness (QED) is 0.876. The Morgan fingerprint density at radius 2 is 1.86 bits per heavy atom. The van der Waals surface area contributed by atoms with Gasteiger partial charge in [0.25, 0.3) is 0 Å². The standard InChI is InChI=1S/C16H13ClO4/c1-9-7-11(15(18)19)4-5-12(9)10-3-6-13(14(17)8-10)16(20)21-2/h3-8H,1-2H3,(H,18,19). The van der Waals surface area contributed by atoms with Crippen molar-refractivity contribution in [3.05, 3.63) is 58.1 Å². The number of ether oxygens (including phenoxy) is 1. The number of aromatic carboxylic acids is 1. The van der Waals surface area contributed by atoms with Gasteiger partial charge in [-0.3, -0.25) is 0 Å². The number of carboxylic acids is 1. The van der Waals surface area contributed by atoms with Crippen molar-refractivity contribution in [2.45, 2.75) is 6.92 Å². The van der Waals surface area contributed by atoms with Crippen LogP contribution in [0.3, 0.4) is 0 Å². The molecule has 5 heteroatoms. The highest BCUT2D eigenvalue weighted by molar-refractivity contribution is 6.33. The molecule has 0 aromatic heterocycles. The van der Waals surface area contributed by atoms with Crippen molar-refractivity contribution < 1.29 is 19.4 Å². The Balaban J connectivity index is 2.46. The van der Waals surface area contributed by atoms with Crippen molar-refractivity contribution in [2.24, 2.45) is 0 Å². The first-order valence-electron chi connectivity index (χ1n) is 6.16. The molecule has 1 N–H and O–H groups in total. The molecule has 0 amide bonds. The summed E-state index contributed by atoms with van der Waals surface area (Å²) in [6.45, 7) is 1.82. The van der Waals surface area contributed by atoms with Crippen molar-refractivity contribution >= 4 is 23.5 Å². The van der Waals surface area contributed by atoms with Crippen LogP contribution in [0.2, 0.25) is 5.02 Å². The predicted molar refractivity (Wildman–Crippen MR) is 79.9 cm³/mol. The first-order valence-corrected chi connectivity index (χ1v) is 6.54. The van der Waals surface area contributed by atoms with Gasteiger partial charge in [0.05, 0.1) is 23.3 Å². The average molecular weight is 305 g/mol. The van der Waals surface area contributed by atoms with Gasteiger partial charge in [-0.1, -0.05) is 23.7 Å². The minimum absolute atomic E-state index is 0.230. The van der Waals surface area contributed by atoms with Gasteiger partial charge < -0.3 is 9.84 Å². The van der Waals surface area contributed by atoms with E-state index < -0.39 is 11.9 Å². The summed E-state index contributed by atoms with van der Waals surface area (Å²) in [5.41, 5.74) is 3.01. The van der Waals surface area contributed by atoms with Gasteiger partial charge in [-0.2, -0.15) is 0 Å². The molecule has 4 nitrogen and oxygen atoms in total. The van der Waals surface area contributed by atoms with Crippen molar-refractivity contribution in [3.8, 4) is 11.1 Å². The van der Waals surface area contributed by atoms with E-state index in [1.165, 1.54) is 13.2 Å². The molecule has 0 heterocycles. The molecule has 0 bridgehead atoms. The molecular formula is C16H13ClO4. The SMILES string of the molecule is COC(=O)c1ccc(-c2ccc(C(=O)O)cc2C)cc1Cl. The fourth-order valence-corrected chi connectivity index (χ4v) is 2.34. The Hall–Kier alpha value is -2.33. The van der Waals surface area contributed by atoms with Crippen LogP contribution >= 0.6 is 11.6 Å². The number of carbonyl (C=O) groups is 2. The summed E-state index contributed by atoms with van der Waals surface area (Å²) < 4.78 is 4.64. The maximum atomic E-state index is 11.5. The van der Waals surface area contributed by atoms with Crippen LogP contribution in [-0.4, -0.2) is 24.2 Å². The van der Waals surface area contributed by atoms with E-state index >= 15 is 0 Å². The van der Waals surface area contributed by atoms with Crippen LogP contribution in [0.5, 0.6) is 0 Å². The van der Waals surface area contributed by atoms with Crippen LogP contribution in [0.25, 0.3) is 11.1 Å². The van der Waals surface area contributed by atoms with Crippen LogP contribution < -0.4 is 0 Å². The molecule has 0 spiro atoms. The number of benzene rings is 2. The summed E-state index contributed by atoms with van der Waals surface area (Å²) in [7, 11) is 1.29. The van der Waals surface area contributed by atoms with Gasteiger partial charge in [0.1, 0.15) is 0 Å². The van der Waals surface area contributed by atoms with Crippen molar-refractivity contribution in [1.29, 1.82) is 0 Å². The monoisotopic (exact) mass is 304 g/mol. The lowest BCUT2D eigenvalue weighted by Gasteiger charge is -2.09. The van der Waals surface area contributed by atoms with Gasteiger partial charge in [0, 0.05) is 0 Å². The van der Waals surface area contributed by atoms with Gasteiger partial charge >= 0.3 is 11.9 Å². The zero-order chi connectivity index (χ0) is 15.6. The number of hydrogen-bond acceptors (Lipinski definition) is 3. The zero-order valence-corrected chi connectivity index (χ0v) is 12.3. The topological polar surface area (TPSA) is 63.6 Å². The van der Waals surface area contributed by atoms with Crippen LogP contribution in [0.1, 0.15) is 26.3 Å². The molecule has 0 aliphatic heterocycles.